The van der Waals surface area contributed by atoms with Crippen molar-refractivity contribution in [2.24, 2.45) is 7.05 Å². The van der Waals surface area contributed by atoms with Gasteiger partial charge >= 0.3 is 0 Å². The summed E-state index contributed by atoms with van der Waals surface area (Å²) in [6.45, 7) is 3.98. The Morgan fingerprint density at radius 2 is 2.09 bits per heavy atom. The third kappa shape index (κ3) is 3.89. The zero-order chi connectivity index (χ0) is 22.3. The lowest BCUT2D eigenvalue weighted by Crippen LogP contribution is -2.24. The van der Waals surface area contributed by atoms with Crippen LogP contribution in [-0.2, 0) is 13.5 Å². The molecule has 0 radical (unpaired) electrons. The van der Waals surface area contributed by atoms with Crippen molar-refractivity contribution in [3.63, 3.8) is 0 Å². The number of nitrogens with zero attached hydrogens (tertiary/aromatic N) is 5. The molecule has 0 saturated heterocycles. The number of hydrogen-bond donors (Lipinski definition) is 1. The first-order chi connectivity index (χ1) is 15.4. The first-order valence-corrected chi connectivity index (χ1v) is 9.94. The van der Waals surface area contributed by atoms with Crippen LogP contribution in [0.4, 0.5) is 5.82 Å². The number of benzene rings is 1. The SMILES string of the molecule is Cn1ccc(NC(=O)c2cc(Oc3ccc(-c4ncon4)nc3)c3c(c2)OC(C)(C)C3)n1. The molecule has 4 aromatic rings. The maximum atomic E-state index is 12.9. The predicted molar refractivity (Wildman–Crippen MR) is 114 cm³/mol. The van der Waals surface area contributed by atoms with Gasteiger partial charge in [-0.1, -0.05) is 5.16 Å². The molecule has 5 rings (SSSR count). The average Bonchev–Trinajstić information content (AvgIpc) is 3.48. The standard InChI is InChI=1S/C22H20N6O4/c1-22(2)10-15-17(31-14-4-5-16(23-11-14)20-24-12-30-27-20)8-13(9-18(15)32-22)21(29)25-19-6-7-28(3)26-19/h4-9,11-12H,10H2,1-3H3,(H,25,26,29). The van der Waals surface area contributed by atoms with E-state index in [4.69, 9.17) is 14.0 Å². The highest BCUT2D eigenvalue weighted by molar-refractivity contribution is 6.04. The molecule has 10 nitrogen and oxygen atoms in total. The van der Waals surface area contributed by atoms with Crippen molar-refractivity contribution in [3.8, 4) is 28.8 Å². The Morgan fingerprint density at radius 1 is 1.22 bits per heavy atom. The van der Waals surface area contributed by atoms with E-state index in [1.807, 2.05) is 13.8 Å². The molecule has 3 aromatic heterocycles. The number of rotatable bonds is 5. The minimum atomic E-state index is -0.405. The summed E-state index contributed by atoms with van der Waals surface area (Å²) in [7, 11) is 1.78. The number of carbonyl (C=O) groups excluding carboxylic acids is 1. The fourth-order valence-corrected chi connectivity index (χ4v) is 3.52. The molecule has 1 aliphatic heterocycles. The fourth-order valence-electron chi connectivity index (χ4n) is 3.52. The van der Waals surface area contributed by atoms with Gasteiger partial charge in [0.05, 0.1) is 6.20 Å². The van der Waals surface area contributed by atoms with E-state index in [-0.39, 0.29) is 5.91 Å². The lowest BCUT2D eigenvalue weighted by atomic mass is 9.99. The van der Waals surface area contributed by atoms with Gasteiger partial charge in [-0.2, -0.15) is 10.1 Å². The lowest BCUT2D eigenvalue weighted by molar-refractivity contribution is 0.102. The van der Waals surface area contributed by atoms with Crippen molar-refractivity contribution in [2.45, 2.75) is 25.9 Å². The number of nitrogens with one attached hydrogen (secondary N) is 1. The molecule has 32 heavy (non-hydrogen) atoms. The smallest absolute Gasteiger partial charge is 0.257 e. The quantitative estimate of drug-likeness (QED) is 0.508. The molecule has 1 aromatic carbocycles. The monoisotopic (exact) mass is 432 g/mol. The van der Waals surface area contributed by atoms with Gasteiger partial charge in [-0.15, -0.1) is 0 Å². The van der Waals surface area contributed by atoms with Crippen molar-refractivity contribution in [1.82, 2.24) is 24.9 Å². The normalized spacial score (nSPS) is 14.0. The van der Waals surface area contributed by atoms with Gasteiger partial charge in [0.1, 0.15) is 28.5 Å². The fraction of sp³-hybridized carbons (Fsp3) is 0.227. The van der Waals surface area contributed by atoms with Gasteiger partial charge in [-0.3, -0.25) is 9.48 Å². The van der Waals surface area contributed by atoms with Crippen LogP contribution in [-0.4, -0.2) is 36.4 Å². The Labute approximate surface area is 183 Å². The number of anilines is 1. The topological polar surface area (TPSA) is 117 Å². The molecule has 1 aliphatic rings. The third-order valence-electron chi connectivity index (χ3n) is 4.93. The summed E-state index contributed by atoms with van der Waals surface area (Å²) < 4.78 is 18.6. The summed E-state index contributed by atoms with van der Waals surface area (Å²) in [6.07, 6.45) is 5.21. The van der Waals surface area contributed by atoms with Crippen molar-refractivity contribution < 1.29 is 18.8 Å². The van der Waals surface area contributed by atoms with Crippen molar-refractivity contribution in [2.75, 3.05) is 5.32 Å². The van der Waals surface area contributed by atoms with Crippen LogP contribution in [0.25, 0.3) is 11.5 Å². The van der Waals surface area contributed by atoms with Gasteiger partial charge in [0.15, 0.2) is 5.82 Å². The first kappa shape index (κ1) is 19.7. The Kier molecular flexibility index (Phi) is 4.62. The van der Waals surface area contributed by atoms with Crippen LogP contribution in [0.1, 0.15) is 29.8 Å². The molecule has 162 valence electrons. The minimum Gasteiger partial charge on any atom is -0.487 e. The van der Waals surface area contributed by atoms with Crippen LogP contribution in [0.15, 0.2) is 53.6 Å². The Morgan fingerprint density at radius 3 is 2.78 bits per heavy atom. The lowest BCUT2D eigenvalue weighted by Gasteiger charge is -2.16. The van der Waals surface area contributed by atoms with Crippen LogP contribution >= 0.6 is 0 Å². The van der Waals surface area contributed by atoms with Gasteiger partial charge in [0.2, 0.25) is 12.2 Å². The molecule has 0 fully saturated rings. The van der Waals surface area contributed by atoms with E-state index < -0.39 is 5.60 Å². The minimum absolute atomic E-state index is 0.310. The second kappa shape index (κ2) is 7.49. The molecule has 10 heteroatoms. The summed E-state index contributed by atoms with van der Waals surface area (Å²) >= 11 is 0. The highest BCUT2D eigenvalue weighted by atomic mass is 16.5. The van der Waals surface area contributed by atoms with E-state index in [0.717, 1.165) is 5.56 Å². The summed E-state index contributed by atoms with van der Waals surface area (Å²) in [6, 6.07) is 8.65. The number of aryl methyl sites for hydroxylation is 1. The van der Waals surface area contributed by atoms with Crippen molar-refractivity contribution in [1.29, 1.82) is 0 Å². The molecule has 0 aliphatic carbocycles. The predicted octanol–water partition coefficient (Wildman–Crippen LogP) is 3.62. The number of hydrogen-bond acceptors (Lipinski definition) is 8. The van der Waals surface area contributed by atoms with Gasteiger partial charge in [-0.25, -0.2) is 4.98 Å². The van der Waals surface area contributed by atoms with E-state index in [2.05, 4.69) is 25.5 Å². The zero-order valence-corrected chi connectivity index (χ0v) is 17.7. The van der Waals surface area contributed by atoms with E-state index in [9.17, 15) is 4.79 Å². The number of ether oxygens (including phenoxy) is 2. The van der Waals surface area contributed by atoms with Gasteiger partial charge in [0.25, 0.3) is 5.91 Å². The number of pyridine rings is 1. The van der Waals surface area contributed by atoms with Gasteiger partial charge in [0, 0.05) is 36.9 Å². The Hall–Kier alpha value is -4.21. The summed E-state index contributed by atoms with van der Waals surface area (Å²) in [5.41, 5.74) is 1.45. The molecule has 0 atom stereocenters. The third-order valence-corrected chi connectivity index (χ3v) is 4.93. The largest absolute Gasteiger partial charge is 0.487 e. The van der Waals surface area contributed by atoms with Crippen LogP contribution < -0.4 is 14.8 Å². The van der Waals surface area contributed by atoms with Gasteiger partial charge < -0.3 is 19.3 Å². The molecule has 0 bridgehead atoms. The second-order valence-corrected chi connectivity index (χ2v) is 8.05. The molecule has 0 unspecified atom stereocenters. The molecule has 4 heterocycles. The molecule has 0 spiro atoms. The van der Waals surface area contributed by atoms with Crippen LogP contribution in [0.2, 0.25) is 0 Å². The average molecular weight is 432 g/mol. The number of aromatic nitrogens is 5. The van der Waals surface area contributed by atoms with E-state index in [0.29, 0.717) is 46.6 Å². The summed E-state index contributed by atoms with van der Waals surface area (Å²) in [4.78, 5) is 21.2. The zero-order valence-electron chi connectivity index (χ0n) is 17.7. The van der Waals surface area contributed by atoms with Gasteiger partial charge in [-0.05, 0) is 38.1 Å². The Balaban J connectivity index is 1.45. The highest BCUT2D eigenvalue weighted by Crippen LogP contribution is 2.43. The molecule has 1 amide bonds. The van der Waals surface area contributed by atoms with E-state index >= 15 is 0 Å². The maximum absolute atomic E-state index is 12.9. The highest BCUT2D eigenvalue weighted by Gasteiger charge is 2.34. The summed E-state index contributed by atoms with van der Waals surface area (Å²) in [5.74, 6) is 2.20. The number of fused-ring (bicyclic) bond motifs is 1. The van der Waals surface area contributed by atoms with Crippen LogP contribution in [0.5, 0.6) is 17.2 Å². The van der Waals surface area contributed by atoms with Crippen molar-refractivity contribution >= 4 is 11.7 Å². The van der Waals surface area contributed by atoms with Crippen LogP contribution in [0.3, 0.4) is 0 Å². The molecular formula is C22H20N6O4. The Bertz CT molecular complexity index is 1280. The molecule has 0 saturated carbocycles. The first-order valence-electron chi connectivity index (χ1n) is 9.94. The van der Waals surface area contributed by atoms with Crippen LogP contribution in [0, 0.1) is 0 Å². The maximum Gasteiger partial charge on any atom is 0.257 e. The summed E-state index contributed by atoms with van der Waals surface area (Å²) in [5, 5.41) is 10.7. The van der Waals surface area contributed by atoms with E-state index in [1.165, 1.54) is 6.39 Å². The second-order valence-electron chi connectivity index (χ2n) is 8.05. The number of carbonyl (C=O) groups is 1. The van der Waals surface area contributed by atoms with E-state index in [1.54, 1.807) is 54.5 Å². The molecule has 1 N–H and O–H groups in total. The molecular weight excluding hydrogens is 412 g/mol. The number of amides is 1. The van der Waals surface area contributed by atoms with Crippen molar-refractivity contribution in [3.05, 3.63) is 60.2 Å².